The fourth-order valence-corrected chi connectivity index (χ4v) is 6.65. The van der Waals surface area contributed by atoms with Crippen LogP contribution in [-0.4, -0.2) is 40.0 Å². The number of nitrogens with zero attached hydrogens (tertiary/aromatic N) is 5. The van der Waals surface area contributed by atoms with Crippen LogP contribution < -0.4 is 11.4 Å². The number of hydrogen-bond acceptors (Lipinski definition) is 4. The molecule has 10 heteroatoms. The van der Waals surface area contributed by atoms with Crippen LogP contribution in [0.15, 0.2) is 112 Å². The maximum atomic E-state index is 13.5. The lowest BCUT2D eigenvalue weighted by Crippen LogP contribution is -2.22. The maximum Gasteiger partial charge on any atom is 0.333 e. The summed E-state index contributed by atoms with van der Waals surface area (Å²) in [5.41, 5.74) is 6.58. The number of fused-ring (bicyclic) bond motifs is 3. The standard InChI is InChI=1S/C36H28N6O4/c1-3-39-27-19-21(15-17-25(27)41(35(39)45)23-11-7-5-8-12-23)31-29-30(34(44)37-31)32(38-33(29)43)22-16-18-26-28(20-22)40(4-2)36(46)42(26)24-13-9-6-10-14-24/h5-20,37,44H,3-4H2,1-2H3. The second kappa shape index (κ2) is 10.2. The van der Waals surface area contributed by atoms with Gasteiger partial charge in [0.1, 0.15) is 0 Å². The van der Waals surface area contributed by atoms with Crippen LogP contribution >= 0.6 is 0 Å². The van der Waals surface area contributed by atoms with Gasteiger partial charge in [-0.05, 0) is 62.4 Å². The Kier molecular flexibility index (Phi) is 6.07. The average molecular weight is 609 g/mol. The van der Waals surface area contributed by atoms with Gasteiger partial charge in [-0.3, -0.25) is 23.1 Å². The van der Waals surface area contributed by atoms with Gasteiger partial charge in [0.15, 0.2) is 5.88 Å². The highest BCUT2D eigenvalue weighted by atomic mass is 16.3. The summed E-state index contributed by atoms with van der Waals surface area (Å²) in [5.74, 6) is -0.666. The molecule has 0 bridgehead atoms. The number of aryl methyl sites for hydroxylation is 2. The minimum atomic E-state index is -0.485. The molecule has 46 heavy (non-hydrogen) atoms. The van der Waals surface area contributed by atoms with E-state index in [0.717, 1.165) is 22.4 Å². The Labute approximate surface area is 261 Å². The van der Waals surface area contributed by atoms with E-state index in [4.69, 9.17) is 0 Å². The summed E-state index contributed by atoms with van der Waals surface area (Å²) >= 11 is 0. The van der Waals surface area contributed by atoms with E-state index in [1.165, 1.54) is 0 Å². The SMILES string of the molecule is CCn1c(=O)n(-c2ccccc2)c2ccc(C3=NC(=O)c4c(-c5ccc6c(c5)n(CC)c(=O)n6-c5ccccc5)[nH]c(O)c43)cc21. The molecule has 0 fully saturated rings. The number of aromatic hydroxyl groups is 1. The molecular formula is C36H28N6O4. The van der Waals surface area contributed by atoms with E-state index < -0.39 is 5.91 Å². The molecule has 226 valence electrons. The van der Waals surface area contributed by atoms with Crippen molar-refractivity contribution in [1.82, 2.24) is 23.3 Å². The summed E-state index contributed by atoms with van der Waals surface area (Å²) in [6.45, 7) is 4.72. The molecule has 10 nitrogen and oxygen atoms in total. The van der Waals surface area contributed by atoms with Crippen molar-refractivity contribution in [2.45, 2.75) is 26.9 Å². The highest BCUT2D eigenvalue weighted by Crippen LogP contribution is 2.39. The van der Waals surface area contributed by atoms with E-state index in [2.05, 4.69) is 9.98 Å². The first-order valence-electron chi connectivity index (χ1n) is 15.1. The first kappa shape index (κ1) is 27.4. The Morgan fingerprint density at radius 2 is 1.13 bits per heavy atom. The Bertz CT molecular complexity index is 2510. The number of aromatic amines is 1. The second-order valence-electron chi connectivity index (χ2n) is 11.2. The molecule has 3 aromatic heterocycles. The van der Waals surface area contributed by atoms with Gasteiger partial charge in [0.05, 0.1) is 56.0 Å². The zero-order valence-corrected chi connectivity index (χ0v) is 25.1. The van der Waals surface area contributed by atoms with Gasteiger partial charge in [0, 0.05) is 24.2 Å². The average Bonchev–Trinajstić information content (AvgIpc) is 3.78. The number of H-pyrrole nitrogens is 1. The van der Waals surface area contributed by atoms with Gasteiger partial charge in [-0.2, -0.15) is 0 Å². The number of rotatable bonds is 6. The Balaban J connectivity index is 1.26. The predicted octanol–water partition coefficient (Wildman–Crippen LogP) is 5.63. The lowest BCUT2D eigenvalue weighted by Gasteiger charge is -2.05. The van der Waals surface area contributed by atoms with Crippen LogP contribution in [0.4, 0.5) is 0 Å². The van der Waals surface area contributed by atoms with Crippen LogP contribution in [0.1, 0.15) is 35.3 Å². The van der Waals surface area contributed by atoms with E-state index in [1.807, 2.05) is 111 Å². The number of carbonyl (C=O) groups excluding carboxylic acids is 1. The van der Waals surface area contributed by atoms with Crippen LogP contribution in [0.25, 0.3) is 44.7 Å². The fourth-order valence-electron chi connectivity index (χ4n) is 6.65. The molecule has 2 N–H and O–H groups in total. The van der Waals surface area contributed by atoms with Crippen molar-refractivity contribution in [3.8, 4) is 28.5 Å². The Morgan fingerprint density at radius 3 is 1.65 bits per heavy atom. The van der Waals surface area contributed by atoms with Crippen molar-refractivity contribution in [3.63, 3.8) is 0 Å². The molecule has 0 unspecified atom stereocenters. The number of nitrogens with one attached hydrogen (secondary N) is 1. The van der Waals surface area contributed by atoms with Gasteiger partial charge >= 0.3 is 11.4 Å². The van der Waals surface area contributed by atoms with Gasteiger partial charge in [-0.15, -0.1) is 0 Å². The molecule has 4 aromatic carbocycles. The van der Waals surface area contributed by atoms with Crippen LogP contribution in [0.5, 0.6) is 5.88 Å². The zero-order valence-electron chi connectivity index (χ0n) is 25.1. The number of amides is 1. The first-order chi connectivity index (χ1) is 22.4. The monoisotopic (exact) mass is 608 g/mol. The van der Waals surface area contributed by atoms with Crippen molar-refractivity contribution in [3.05, 3.63) is 135 Å². The minimum absolute atomic E-state index is 0.163. The Morgan fingerprint density at radius 1 is 0.630 bits per heavy atom. The molecule has 0 spiro atoms. The lowest BCUT2D eigenvalue weighted by molar-refractivity contribution is 0.101. The number of aliphatic imine (C=N–C) groups is 1. The highest BCUT2D eigenvalue weighted by molar-refractivity contribution is 6.30. The van der Waals surface area contributed by atoms with E-state index in [1.54, 1.807) is 18.3 Å². The molecule has 0 atom stereocenters. The normalized spacial score (nSPS) is 12.7. The molecule has 0 saturated carbocycles. The molecule has 0 aliphatic carbocycles. The van der Waals surface area contributed by atoms with Gasteiger partial charge in [-0.1, -0.05) is 48.5 Å². The molecule has 1 aliphatic rings. The van der Waals surface area contributed by atoms with Crippen molar-refractivity contribution in [2.24, 2.45) is 4.99 Å². The molecule has 8 rings (SSSR count). The number of carbonyl (C=O) groups is 1. The van der Waals surface area contributed by atoms with Crippen LogP contribution in [0, 0.1) is 0 Å². The number of imidazole rings is 2. The molecule has 4 heterocycles. The minimum Gasteiger partial charge on any atom is -0.494 e. The number of para-hydroxylation sites is 2. The highest BCUT2D eigenvalue weighted by Gasteiger charge is 2.34. The molecule has 0 saturated heterocycles. The smallest absolute Gasteiger partial charge is 0.333 e. The van der Waals surface area contributed by atoms with Gasteiger partial charge in [0.2, 0.25) is 0 Å². The number of benzene rings is 4. The third-order valence-corrected chi connectivity index (χ3v) is 8.73. The fraction of sp³-hybridized carbons (Fsp3) is 0.111. The quantitative estimate of drug-likeness (QED) is 0.254. The molecule has 7 aromatic rings. The summed E-state index contributed by atoms with van der Waals surface area (Å²) in [4.78, 5) is 47.7. The first-order valence-corrected chi connectivity index (χ1v) is 15.1. The summed E-state index contributed by atoms with van der Waals surface area (Å²) in [7, 11) is 0. The summed E-state index contributed by atoms with van der Waals surface area (Å²) < 4.78 is 6.69. The third-order valence-electron chi connectivity index (χ3n) is 8.73. The zero-order chi connectivity index (χ0) is 31.7. The topological polar surface area (TPSA) is 119 Å². The van der Waals surface area contributed by atoms with Gasteiger partial charge in [0.25, 0.3) is 5.91 Å². The lowest BCUT2D eigenvalue weighted by atomic mass is 9.99. The van der Waals surface area contributed by atoms with E-state index in [9.17, 15) is 19.5 Å². The second-order valence-corrected chi connectivity index (χ2v) is 11.2. The van der Waals surface area contributed by atoms with E-state index >= 15 is 0 Å². The molecular weight excluding hydrogens is 580 g/mol. The summed E-state index contributed by atoms with van der Waals surface area (Å²) in [6.07, 6.45) is 0. The summed E-state index contributed by atoms with van der Waals surface area (Å²) in [6, 6.07) is 29.9. The van der Waals surface area contributed by atoms with Gasteiger partial charge in [-0.25, -0.2) is 14.6 Å². The van der Waals surface area contributed by atoms with E-state index in [0.29, 0.717) is 52.2 Å². The van der Waals surface area contributed by atoms with Crippen molar-refractivity contribution < 1.29 is 9.90 Å². The molecule has 1 aliphatic heterocycles. The summed E-state index contributed by atoms with van der Waals surface area (Å²) in [5, 5.41) is 11.2. The third kappa shape index (κ3) is 3.83. The number of hydrogen-bond donors (Lipinski definition) is 2. The van der Waals surface area contributed by atoms with Crippen molar-refractivity contribution >= 4 is 33.7 Å². The predicted molar refractivity (Wildman–Crippen MR) is 178 cm³/mol. The van der Waals surface area contributed by atoms with Crippen molar-refractivity contribution in [1.29, 1.82) is 0 Å². The van der Waals surface area contributed by atoms with Crippen molar-refractivity contribution in [2.75, 3.05) is 0 Å². The number of aromatic nitrogens is 5. The Hall–Kier alpha value is -6.16. The van der Waals surface area contributed by atoms with E-state index in [-0.39, 0.29) is 22.8 Å². The molecule has 0 radical (unpaired) electrons. The largest absolute Gasteiger partial charge is 0.494 e. The van der Waals surface area contributed by atoms with Crippen LogP contribution in [0.2, 0.25) is 0 Å². The van der Waals surface area contributed by atoms with Gasteiger partial charge < -0.3 is 10.1 Å². The van der Waals surface area contributed by atoms with Crippen LogP contribution in [0.3, 0.4) is 0 Å². The maximum absolute atomic E-state index is 13.5. The van der Waals surface area contributed by atoms with Crippen LogP contribution in [-0.2, 0) is 13.1 Å². The molecule has 1 amide bonds.